The third-order valence-electron chi connectivity index (χ3n) is 5.19. The van der Waals surface area contributed by atoms with Gasteiger partial charge in [-0.15, -0.1) is 0 Å². The molecule has 0 atom stereocenters. The molecule has 1 saturated heterocycles. The van der Waals surface area contributed by atoms with Crippen LogP contribution in [0.1, 0.15) is 21.0 Å². The van der Waals surface area contributed by atoms with Crippen LogP contribution in [-0.2, 0) is 0 Å². The first-order chi connectivity index (χ1) is 14.7. The molecular weight excluding hydrogens is 380 g/mol. The van der Waals surface area contributed by atoms with Crippen LogP contribution in [0.25, 0.3) is 22.1 Å². The van der Waals surface area contributed by atoms with E-state index in [0.717, 1.165) is 11.0 Å². The highest BCUT2D eigenvalue weighted by Crippen LogP contribution is 2.14. The summed E-state index contributed by atoms with van der Waals surface area (Å²) in [6.45, 7) is 1.72. The summed E-state index contributed by atoms with van der Waals surface area (Å²) in [7, 11) is 0. The molecule has 0 bridgehead atoms. The van der Waals surface area contributed by atoms with Gasteiger partial charge in [-0.2, -0.15) is 0 Å². The van der Waals surface area contributed by atoms with Crippen molar-refractivity contribution in [3.8, 4) is 0 Å². The first-order valence-electron chi connectivity index (χ1n) is 9.71. The highest BCUT2D eigenvalue weighted by Gasteiger charge is 2.27. The van der Waals surface area contributed by atoms with Crippen LogP contribution in [0.4, 0.5) is 0 Å². The molecule has 0 radical (unpaired) electrons. The summed E-state index contributed by atoms with van der Waals surface area (Å²) in [6.07, 6.45) is 3.01. The highest BCUT2D eigenvalue weighted by molar-refractivity contribution is 5.95. The van der Waals surface area contributed by atoms with Gasteiger partial charge in [-0.1, -0.05) is 24.3 Å². The Balaban J connectivity index is 1.27. The Kier molecular flexibility index (Phi) is 4.51. The molecule has 30 heavy (non-hydrogen) atoms. The normalized spacial score (nSPS) is 14.3. The van der Waals surface area contributed by atoms with Gasteiger partial charge in [0.1, 0.15) is 11.4 Å². The number of carbonyl (C=O) groups excluding carboxylic acids is 2. The van der Waals surface area contributed by atoms with Gasteiger partial charge in [0.2, 0.25) is 0 Å². The second-order valence-electron chi connectivity index (χ2n) is 7.07. The van der Waals surface area contributed by atoms with E-state index in [1.165, 1.54) is 12.4 Å². The lowest BCUT2D eigenvalue weighted by Gasteiger charge is -2.34. The van der Waals surface area contributed by atoms with Crippen molar-refractivity contribution in [3.05, 3.63) is 72.3 Å². The molecule has 4 aromatic rings. The first kappa shape index (κ1) is 18.1. The minimum Gasteiger partial charge on any atom is -0.334 e. The van der Waals surface area contributed by atoms with Gasteiger partial charge in [0.05, 0.1) is 34.5 Å². The Hall–Kier alpha value is -3.94. The van der Waals surface area contributed by atoms with Crippen molar-refractivity contribution in [3.63, 3.8) is 0 Å². The molecule has 2 amide bonds. The Bertz CT molecular complexity index is 1170. The molecule has 1 fully saturated rings. The summed E-state index contributed by atoms with van der Waals surface area (Å²) >= 11 is 0. The van der Waals surface area contributed by atoms with Crippen molar-refractivity contribution in [2.45, 2.75) is 0 Å². The average Bonchev–Trinajstić information content (AvgIpc) is 2.82. The SMILES string of the molecule is O=C(c1cnc2ccccc2n1)N1CCN(C(=O)c2cnc3ccccc3n2)CC1. The maximum absolute atomic E-state index is 12.8. The van der Waals surface area contributed by atoms with Crippen molar-refractivity contribution in [2.75, 3.05) is 26.2 Å². The summed E-state index contributed by atoms with van der Waals surface area (Å²) < 4.78 is 0. The number of carbonyl (C=O) groups is 2. The smallest absolute Gasteiger partial charge is 0.274 e. The number of benzene rings is 2. The predicted octanol–water partition coefficient (Wildman–Crippen LogP) is 2.17. The van der Waals surface area contributed by atoms with E-state index >= 15 is 0 Å². The Morgan fingerprint density at radius 2 is 0.967 bits per heavy atom. The van der Waals surface area contributed by atoms with Gasteiger partial charge in [0, 0.05) is 26.2 Å². The number of fused-ring (bicyclic) bond motifs is 2. The monoisotopic (exact) mass is 398 g/mol. The maximum Gasteiger partial charge on any atom is 0.274 e. The van der Waals surface area contributed by atoms with Gasteiger partial charge >= 0.3 is 0 Å². The van der Waals surface area contributed by atoms with Crippen molar-refractivity contribution >= 4 is 33.9 Å². The summed E-state index contributed by atoms with van der Waals surface area (Å²) in [6, 6.07) is 14.9. The molecule has 8 heteroatoms. The van der Waals surface area contributed by atoms with Crippen molar-refractivity contribution in [2.24, 2.45) is 0 Å². The van der Waals surface area contributed by atoms with Gasteiger partial charge in [0.15, 0.2) is 0 Å². The zero-order valence-electron chi connectivity index (χ0n) is 16.1. The molecule has 2 aromatic carbocycles. The Labute approximate surface area is 172 Å². The largest absolute Gasteiger partial charge is 0.334 e. The molecule has 0 aliphatic carbocycles. The second kappa shape index (κ2) is 7.47. The fraction of sp³-hybridized carbons (Fsp3) is 0.182. The predicted molar refractivity (Wildman–Crippen MR) is 111 cm³/mol. The number of piperazine rings is 1. The number of hydrogen-bond donors (Lipinski definition) is 0. The summed E-state index contributed by atoms with van der Waals surface area (Å²) in [4.78, 5) is 46.6. The van der Waals surface area contributed by atoms with Crippen LogP contribution in [0, 0.1) is 0 Å². The van der Waals surface area contributed by atoms with Crippen molar-refractivity contribution in [1.29, 1.82) is 0 Å². The van der Waals surface area contributed by atoms with Gasteiger partial charge < -0.3 is 9.80 Å². The van der Waals surface area contributed by atoms with Crippen molar-refractivity contribution in [1.82, 2.24) is 29.7 Å². The third kappa shape index (κ3) is 3.32. The standard InChI is InChI=1S/C22H18N6O2/c29-21(19-13-23-15-5-1-3-7-17(15)25-19)27-9-11-28(12-10-27)22(30)20-14-24-16-6-2-4-8-18(16)26-20/h1-8,13-14H,9-12H2. The van der Waals surface area contributed by atoms with E-state index in [1.807, 2.05) is 48.5 Å². The lowest BCUT2D eigenvalue weighted by molar-refractivity contribution is 0.0529. The second-order valence-corrected chi connectivity index (χ2v) is 7.07. The zero-order chi connectivity index (χ0) is 20.5. The summed E-state index contributed by atoms with van der Waals surface area (Å²) in [5.74, 6) is -0.350. The zero-order valence-corrected chi connectivity index (χ0v) is 16.1. The van der Waals surface area contributed by atoms with Gasteiger partial charge in [-0.3, -0.25) is 19.6 Å². The van der Waals surface area contributed by atoms with Crippen molar-refractivity contribution < 1.29 is 9.59 Å². The molecule has 0 unspecified atom stereocenters. The van der Waals surface area contributed by atoms with E-state index in [0.29, 0.717) is 48.6 Å². The fourth-order valence-electron chi connectivity index (χ4n) is 3.56. The third-order valence-corrected chi connectivity index (χ3v) is 5.19. The molecule has 0 N–H and O–H groups in total. The summed E-state index contributed by atoms with van der Waals surface area (Å²) in [5.41, 5.74) is 3.50. The quantitative estimate of drug-likeness (QED) is 0.514. The molecular formula is C22H18N6O2. The minimum atomic E-state index is -0.175. The minimum absolute atomic E-state index is 0.175. The average molecular weight is 398 g/mol. The molecule has 3 heterocycles. The van der Waals surface area contributed by atoms with Crippen LogP contribution < -0.4 is 0 Å². The summed E-state index contributed by atoms with van der Waals surface area (Å²) in [5, 5.41) is 0. The van der Waals surface area contributed by atoms with E-state index in [4.69, 9.17) is 0 Å². The molecule has 5 rings (SSSR count). The number of aromatic nitrogens is 4. The molecule has 2 aromatic heterocycles. The van der Waals surface area contributed by atoms with Crippen LogP contribution >= 0.6 is 0 Å². The number of para-hydroxylation sites is 4. The number of rotatable bonds is 2. The Morgan fingerprint density at radius 3 is 1.37 bits per heavy atom. The van der Waals surface area contributed by atoms with Crippen LogP contribution in [0.5, 0.6) is 0 Å². The van der Waals surface area contributed by atoms with E-state index in [1.54, 1.807) is 9.80 Å². The number of hydrogen-bond acceptors (Lipinski definition) is 6. The molecule has 1 aliphatic heterocycles. The van der Waals surface area contributed by atoms with Gasteiger partial charge in [-0.25, -0.2) is 9.97 Å². The molecule has 148 valence electrons. The van der Waals surface area contributed by atoms with E-state index in [2.05, 4.69) is 19.9 Å². The van der Waals surface area contributed by atoms with Gasteiger partial charge in [0.25, 0.3) is 11.8 Å². The van der Waals surface area contributed by atoms with E-state index in [9.17, 15) is 9.59 Å². The fourth-order valence-corrected chi connectivity index (χ4v) is 3.56. The number of amides is 2. The van der Waals surface area contributed by atoms with E-state index in [-0.39, 0.29) is 11.8 Å². The van der Waals surface area contributed by atoms with Gasteiger partial charge in [-0.05, 0) is 24.3 Å². The number of nitrogens with zero attached hydrogens (tertiary/aromatic N) is 6. The lowest BCUT2D eigenvalue weighted by Crippen LogP contribution is -2.50. The van der Waals surface area contributed by atoms with Crippen LogP contribution in [0.3, 0.4) is 0 Å². The lowest BCUT2D eigenvalue weighted by atomic mass is 10.2. The molecule has 0 spiro atoms. The highest BCUT2D eigenvalue weighted by atomic mass is 16.2. The molecule has 1 aliphatic rings. The van der Waals surface area contributed by atoms with Crippen LogP contribution in [0.15, 0.2) is 60.9 Å². The Morgan fingerprint density at radius 1 is 0.600 bits per heavy atom. The first-order valence-corrected chi connectivity index (χ1v) is 9.71. The topological polar surface area (TPSA) is 92.2 Å². The van der Waals surface area contributed by atoms with Crippen LogP contribution in [0.2, 0.25) is 0 Å². The van der Waals surface area contributed by atoms with Crippen LogP contribution in [-0.4, -0.2) is 67.7 Å². The molecule has 0 saturated carbocycles. The van der Waals surface area contributed by atoms with E-state index < -0.39 is 0 Å². The molecule has 8 nitrogen and oxygen atoms in total. The maximum atomic E-state index is 12.8.